The summed E-state index contributed by atoms with van der Waals surface area (Å²) in [5.74, 6) is -1.30. The minimum absolute atomic E-state index is 0.359. The van der Waals surface area contributed by atoms with Gasteiger partial charge >= 0.3 is 210 Å². The van der Waals surface area contributed by atoms with Crippen molar-refractivity contribution in [1.82, 2.24) is 0 Å². The summed E-state index contributed by atoms with van der Waals surface area (Å²) in [6, 6.07) is 0. The van der Waals surface area contributed by atoms with E-state index in [2.05, 4.69) is 65.1 Å². The predicted octanol–water partition coefficient (Wildman–Crippen LogP) is 11.0. The summed E-state index contributed by atoms with van der Waals surface area (Å²) in [5, 5.41) is 0. The van der Waals surface area contributed by atoms with Crippen LogP contribution in [-0.4, -0.2) is 5.98 Å². The van der Waals surface area contributed by atoms with Crippen molar-refractivity contribution in [2.24, 2.45) is 0 Å². The Balaban J connectivity index is 2.54. The SMILES string of the molecule is CCCCC1=C[CH]([Hf]([Cl])([Cl])([CH]2C=C(CCCC)C=C2CCCC)[SiH](C)C)C(CCCC)=C1. The van der Waals surface area contributed by atoms with Gasteiger partial charge in [-0.2, -0.15) is 0 Å². The van der Waals surface area contributed by atoms with Gasteiger partial charge in [-0.15, -0.1) is 0 Å². The second kappa shape index (κ2) is 13.1. The van der Waals surface area contributed by atoms with Crippen molar-refractivity contribution in [2.75, 3.05) is 0 Å². The molecule has 0 N–H and O–H groups in total. The fraction of sp³-hybridized carbons (Fsp3) is 0.714. The van der Waals surface area contributed by atoms with Crippen molar-refractivity contribution < 1.29 is 15.3 Å². The Morgan fingerprint density at radius 3 is 1.31 bits per heavy atom. The second-order valence-corrected chi connectivity index (χ2v) is 70.3. The van der Waals surface area contributed by atoms with Gasteiger partial charge in [0, 0.05) is 0 Å². The van der Waals surface area contributed by atoms with Crippen LogP contribution in [0.5, 0.6) is 0 Å². The van der Waals surface area contributed by atoms with Gasteiger partial charge in [0.2, 0.25) is 0 Å². The summed E-state index contributed by atoms with van der Waals surface area (Å²) < 4.78 is 0.717. The van der Waals surface area contributed by atoms with Crippen LogP contribution in [0.4, 0.5) is 0 Å². The molecule has 0 bridgehead atoms. The van der Waals surface area contributed by atoms with Crippen LogP contribution >= 0.6 is 17.2 Å². The average Bonchev–Trinajstić information content (AvgIpc) is 3.38. The van der Waals surface area contributed by atoms with Gasteiger partial charge in [0.15, 0.2) is 0 Å². The van der Waals surface area contributed by atoms with Gasteiger partial charge < -0.3 is 0 Å². The van der Waals surface area contributed by atoms with Crippen LogP contribution in [0, 0.1) is 0 Å². The van der Waals surface area contributed by atoms with Gasteiger partial charge in [0.1, 0.15) is 0 Å². The maximum absolute atomic E-state index is 8.16. The molecule has 2 aliphatic rings. The molecule has 0 fully saturated rings. The van der Waals surface area contributed by atoms with Gasteiger partial charge in [0.25, 0.3) is 0 Å². The Morgan fingerprint density at radius 2 is 1.00 bits per heavy atom. The number of allylic oxidation sites excluding steroid dienone is 8. The van der Waals surface area contributed by atoms with Crippen LogP contribution in [-0.2, 0) is 15.3 Å². The first-order valence-electron chi connectivity index (χ1n) is 13.6. The first-order chi connectivity index (χ1) is 15.2. The van der Waals surface area contributed by atoms with Crippen molar-refractivity contribution >= 4 is 23.1 Å². The van der Waals surface area contributed by atoms with E-state index in [0.717, 1.165) is 0 Å². The Hall–Kier alpha value is 0.627. The molecule has 2 unspecified atom stereocenters. The second-order valence-electron chi connectivity index (χ2n) is 10.7. The molecule has 0 spiro atoms. The molecule has 0 nitrogen and oxygen atoms in total. The van der Waals surface area contributed by atoms with Crippen LogP contribution in [0.1, 0.15) is 105 Å². The molecule has 0 heterocycles. The molecule has 0 aliphatic heterocycles. The molecule has 0 radical (unpaired) electrons. The molecule has 0 amide bonds. The van der Waals surface area contributed by atoms with Crippen molar-refractivity contribution in [3.8, 4) is 0 Å². The van der Waals surface area contributed by atoms with Crippen molar-refractivity contribution in [3.05, 3.63) is 46.6 Å². The molecule has 0 saturated heterocycles. The topological polar surface area (TPSA) is 0 Å². The van der Waals surface area contributed by atoms with Gasteiger partial charge in [0.05, 0.1) is 0 Å². The van der Waals surface area contributed by atoms with E-state index in [1.54, 1.807) is 11.1 Å². The Labute approximate surface area is 208 Å². The van der Waals surface area contributed by atoms with Crippen LogP contribution in [0.15, 0.2) is 46.6 Å². The zero-order valence-corrected chi connectivity index (χ0v) is 28.0. The third-order valence-electron chi connectivity index (χ3n) is 7.87. The van der Waals surface area contributed by atoms with E-state index in [-0.39, 0.29) is 0 Å². The number of hydrogen-bond donors (Lipinski definition) is 0. The summed E-state index contributed by atoms with van der Waals surface area (Å²) in [6.07, 6.45) is 24.9. The van der Waals surface area contributed by atoms with Gasteiger partial charge in [-0.3, -0.25) is 0 Å². The summed E-state index contributed by atoms with van der Waals surface area (Å²) in [6.45, 7) is 14.1. The third-order valence-corrected chi connectivity index (χ3v) is 81.3. The maximum atomic E-state index is 8.16. The molecule has 0 saturated carbocycles. The zero-order chi connectivity index (χ0) is 23.8. The fourth-order valence-corrected chi connectivity index (χ4v) is 46.2. The zero-order valence-electron chi connectivity index (χ0n) is 21.8. The van der Waals surface area contributed by atoms with E-state index < -0.39 is 21.3 Å². The van der Waals surface area contributed by atoms with Crippen molar-refractivity contribution in [1.29, 1.82) is 0 Å². The average molecular weight is 663 g/mol. The summed E-state index contributed by atoms with van der Waals surface area (Å²) in [7, 11) is 16.3. The van der Waals surface area contributed by atoms with Crippen LogP contribution < -0.4 is 0 Å². The van der Waals surface area contributed by atoms with E-state index in [4.69, 9.17) is 17.2 Å². The third kappa shape index (κ3) is 6.44. The van der Waals surface area contributed by atoms with E-state index in [0.29, 0.717) is 7.35 Å². The Kier molecular flexibility index (Phi) is 11.8. The first kappa shape index (κ1) is 28.9. The molecule has 4 heteroatoms. The van der Waals surface area contributed by atoms with Crippen LogP contribution in [0.25, 0.3) is 0 Å². The fourth-order valence-electron chi connectivity index (χ4n) is 5.62. The van der Waals surface area contributed by atoms with Crippen molar-refractivity contribution in [3.63, 3.8) is 0 Å². The number of hydrogen-bond acceptors (Lipinski definition) is 0. The minimum atomic E-state index is -4.37. The molecule has 32 heavy (non-hydrogen) atoms. The van der Waals surface area contributed by atoms with Crippen molar-refractivity contribution in [2.45, 2.75) is 125 Å². The summed E-state index contributed by atoms with van der Waals surface area (Å²) in [4.78, 5) is 0. The molecular formula is C28H49Cl2HfSi. The van der Waals surface area contributed by atoms with Crippen LogP contribution in [0.2, 0.25) is 20.4 Å². The molecule has 0 aromatic heterocycles. The van der Waals surface area contributed by atoms with Gasteiger partial charge in [-0.05, 0) is 0 Å². The standard InChI is InChI=1S/2C13H21.C2H7Si.2ClH.Hf/c2*1-3-5-7-12-9-10-13(11-12)8-6-4-2;1-3-2;;;/h2*9-11H,3-8H2,1-2H3;3H,1-2H3;2*1H;/q;;;;;+2/p-2. The monoisotopic (exact) mass is 663 g/mol. The molecule has 0 aromatic carbocycles. The van der Waals surface area contributed by atoms with E-state index in [1.165, 1.54) is 88.2 Å². The molecule has 0 aromatic rings. The number of unbranched alkanes of at least 4 members (excludes halogenated alkanes) is 4. The normalized spacial score (nSPS) is 22.5. The quantitative estimate of drug-likeness (QED) is 0.153. The van der Waals surface area contributed by atoms with Gasteiger partial charge in [-0.25, -0.2) is 0 Å². The molecular weight excluding hydrogens is 614 g/mol. The first-order valence-corrected chi connectivity index (χ1v) is 35.8. The molecule has 2 rings (SSSR count). The van der Waals surface area contributed by atoms with Gasteiger partial charge in [-0.1, -0.05) is 0 Å². The number of halogens is 2. The Morgan fingerprint density at radius 1 is 0.656 bits per heavy atom. The number of rotatable bonds is 15. The van der Waals surface area contributed by atoms with E-state index >= 15 is 0 Å². The van der Waals surface area contributed by atoms with Crippen LogP contribution in [0.3, 0.4) is 0 Å². The molecule has 2 atom stereocenters. The molecule has 183 valence electrons. The van der Waals surface area contributed by atoms with E-state index in [1.807, 2.05) is 0 Å². The summed E-state index contributed by atoms with van der Waals surface area (Å²) >= 11 is -4.37. The molecule has 2 aliphatic carbocycles. The predicted molar refractivity (Wildman–Crippen MR) is 149 cm³/mol. The van der Waals surface area contributed by atoms with E-state index in [9.17, 15) is 0 Å². The Bertz CT molecular complexity index is 689. The summed E-state index contributed by atoms with van der Waals surface area (Å²) in [5.41, 5.74) is 6.22.